The minimum atomic E-state index is -1.51. The molecule has 0 bridgehead atoms. The van der Waals surface area contributed by atoms with E-state index >= 15 is 0 Å². The zero-order valence-electron chi connectivity index (χ0n) is 10.6. The molecule has 3 unspecified atom stereocenters. The van der Waals surface area contributed by atoms with E-state index in [2.05, 4.69) is 0 Å². The van der Waals surface area contributed by atoms with Gasteiger partial charge in [-0.15, -0.1) is 0 Å². The Kier molecular flexibility index (Phi) is 3.01. The minimum absolute atomic E-state index is 0.0497. The van der Waals surface area contributed by atoms with Crippen LogP contribution in [-0.2, 0) is 4.79 Å². The number of carboxylic acid groups (broad SMARTS) is 2. The number of amides is 1. The van der Waals surface area contributed by atoms with Crippen LogP contribution >= 0.6 is 0 Å². The molecular formula is C11H20NO5+. The lowest BCUT2D eigenvalue weighted by Gasteiger charge is -2.48. The van der Waals surface area contributed by atoms with Crippen LogP contribution < -0.4 is 0 Å². The second kappa shape index (κ2) is 3.68. The number of rotatable bonds is 1. The number of aliphatic carboxylic acids is 1. The molecule has 3 N–H and O–H groups in total. The van der Waals surface area contributed by atoms with Gasteiger partial charge in [-0.05, 0) is 20.8 Å². The number of nitrogens with zero attached hydrogens (tertiary/aromatic N) is 1. The predicted octanol–water partition coefficient (Wildman–Crippen LogP) is 0.888. The third-order valence-electron chi connectivity index (χ3n) is 3.89. The third-order valence-corrected chi connectivity index (χ3v) is 3.89. The average Bonchev–Trinajstić information content (AvgIpc) is 2.38. The molecule has 6 nitrogen and oxygen atoms in total. The van der Waals surface area contributed by atoms with Crippen molar-refractivity contribution < 1.29 is 29.4 Å². The Morgan fingerprint density at radius 3 is 2.00 bits per heavy atom. The quantitative estimate of drug-likeness (QED) is 0.597. The van der Waals surface area contributed by atoms with Gasteiger partial charge in [0.05, 0.1) is 0 Å². The Morgan fingerprint density at radius 2 is 1.76 bits per heavy atom. The normalized spacial score (nSPS) is 38.1. The molecule has 0 aromatic rings. The Bertz CT molecular complexity index is 361. The van der Waals surface area contributed by atoms with E-state index in [1.54, 1.807) is 20.8 Å². The van der Waals surface area contributed by atoms with Crippen LogP contribution in [0.4, 0.5) is 4.79 Å². The Labute approximate surface area is 100 Å². The van der Waals surface area contributed by atoms with Gasteiger partial charge in [0.1, 0.15) is 18.2 Å². The summed E-state index contributed by atoms with van der Waals surface area (Å²) >= 11 is 0. The topological polar surface area (TPSA) is 94.8 Å². The monoisotopic (exact) mass is 246 g/mol. The van der Waals surface area contributed by atoms with E-state index in [1.165, 1.54) is 6.92 Å². The molecule has 0 saturated carbocycles. The highest BCUT2D eigenvalue weighted by Gasteiger charge is 2.69. The van der Waals surface area contributed by atoms with Crippen LogP contribution in [0.15, 0.2) is 0 Å². The van der Waals surface area contributed by atoms with E-state index in [4.69, 9.17) is 0 Å². The first kappa shape index (κ1) is 13.9. The molecule has 0 spiro atoms. The standard InChI is InChI=1S/C11H19NO5/c1-10(2,3)12(9(16)17)6-7(13)5-11(12,4)8(14)15/h7,13H,5-6H2,1-4H3,(H-,14,15,16,17)/p+1. The first-order valence-corrected chi connectivity index (χ1v) is 5.52. The van der Waals surface area contributed by atoms with Crippen LogP contribution in [0.3, 0.4) is 0 Å². The first-order chi connectivity index (χ1) is 7.49. The lowest BCUT2D eigenvalue weighted by Crippen LogP contribution is -2.73. The van der Waals surface area contributed by atoms with Crippen LogP contribution in [0.5, 0.6) is 0 Å². The van der Waals surface area contributed by atoms with Crippen LogP contribution in [0.2, 0.25) is 0 Å². The molecule has 1 aliphatic heterocycles. The van der Waals surface area contributed by atoms with Gasteiger partial charge in [-0.1, -0.05) is 0 Å². The predicted molar refractivity (Wildman–Crippen MR) is 59.6 cm³/mol. The highest BCUT2D eigenvalue weighted by Crippen LogP contribution is 2.44. The van der Waals surface area contributed by atoms with Crippen LogP contribution in [-0.4, -0.2) is 55.6 Å². The molecule has 1 heterocycles. The maximum Gasteiger partial charge on any atom is 0.514 e. The Morgan fingerprint density at radius 1 is 1.29 bits per heavy atom. The van der Waals surface area contributed by atoms with Gasteiger partial charge in [0, 0.05) is 13.3 Å². The largest absolute Gasteiger partial charge is 0.514 e. The summed E-state index contributed by atoms with van der Waals surface area (Å²) < 4.78 is -0.656. The van der Waals surface area contributed by atoms with Crippen molar-refractivity contribution in [2.75, 3.05) is 6.54 Å². The summed E-state index contributed by atoms with van der Waals surface area (Å²) in [7, 11) is 0. The molecule has 1 fully saturated rings. The molecule has 0 aromatic heterocycles. The number of likely N-dealkylation sites (tertiary alicyclic amines) is 1. The van der Waals surface area contributed by atoms with Crippen molar-refractivity contribution in [2.24, 2.45) is 0 Å². The highest BCUT2D eigenvalue weighted by atomic mass is 16.4. The van der Waals surface area contributed by atoms with Crippen molar-refractivity contribution in [3.8, 4) is 0 Å². The molecule has 1 rings (SSSR count). The van der Waals surface area contributed by atoms with Crippen LogP contribution in [0, 0.1) is 0 Å². The molecule has 1 aliphatic rings. The van der Waals surface area contributed by atoms with E-state index in [0.29, 0.717) is 0 Å². The van der Waals surface area contributed by atoms with Gasteiger partial charge in [0.25, 0.3) is 0 Å². The Balaban J connectivity index is 3.49. The third kappa shape index (κ3) is 1.63. The molecule has 0 aliphatic carbocycles. The summed E-state index contributed by atoms with van der Waals surface area (Å²) in [6.07, 6.45) is -2.17. The van der Waals surface area contributed by atoms with Crippen molar-refractivity contribution >= 4 is 12.1 Å². The van der Waals surface area contributed by atoms with Crippen LogP contribution in [0.1, 0.15) is 34.1 Å². The SMILES string of the molecule is CC(C)(C)[N+]1(C(=O)O)CC(O)CC1(C)C(=O)O. The summed E-state index contributed by atoms with van der Waals surface area (Å²) in [5.74, 6) is -1.19. The molecule has 1 amide bonds. The second-order valence-corrected chi connectivity index (χ2v) is 5.88. The van der Waals surface area contributed by atoms with Gasteiger partial charge in [0.15, 0.2) is 0 Å². The van der Waals surface area contributed by atoms with Gasteiger partial charge in [-0.25, -0.2) is 9.28 Å². The fourth-order valence-electron chi connectivity index (χ4n) is 3.04. The maximum atomic E-state index is 11.6. The average molecular weight is 246 g/mol. The lowest BCUT2D eigenvalue weighted by atomic mass is 9.90. The number of aliphatic hydroxyl groups is 1. The maximum absolute atomic E-state index is 11.6. The minimum Gasteiger partial charge on any atom is -0.477 e. The fraction of sp³-hybridized carbons (Fsp3) is 0.818. The summed E-state index contributed by atoms with van der Waals surface area (Å²) in [6, 6.07) is 0. The van der Waals surface area contributed by atoms with Crippen molar-refractivity contribution in [1.29, 1.82) is 0 Å². The summed E-state index contributed by atoms with van der Waals surface area (Å²) in [5.41, 5.74) is -2.32. The van der Waals surface area contributed by atoms with E-state index in [9.17, 15) is 24.9 Å². The van der Waals surface area contributed by atoms with Gasteiger partial charge in [-0.3, -0.25) is 0 Å². The van der Waals surface area contributed by atoms with E-state index in [0.717, 1.165) is 0 Å². The summed E-state index contributed by atoms with van der Waals surface area (Å²) in [4.78, 5) is 23.1. The van der Waals surface area contributed by atoms with Crippen molar-refractivity contribution in [2.45, 2.75) is 51.3 Å². The van der Waals surface area contributed by atoms with Gasteiger partial charge in [-0.2, -0.15) is 4.79 Å². The molecule has 3 atom stereocenters. The van der Waals surface area contributed by atoms with Crippen molar-refractivity contribution in [3.05, 3.63) is 0 Å². The zero-order valence-corrected chi connectivity index (χ0v) is 10.6. The highest BCUT2D eigenvalue weighted by molar-refractivity contribution is 5.80. The smallest absolute Gasteiger partial charge is 0.477 e. The molecule has 1 saturated heterocycles. The number of hydrogen-bond donors (Lipinski definition) is 3. The second-order valence-electron chi connectivity index (χ2n) is 5.88. The van der Waals surface area contributed by atoms with E-state index in [-0.39, 0.29) is 13.0 Å². The molecule has 17 heavy (non-hydrogen) atoms. The number of quaternary nitrogens is 1. The van der Waals surface area contributed by atoms with Crippen molar-refractivity contribution in [1.82, 2.24) is 0 Å². The molecule has 6 heteroatoms. The lowest BCUT2D eigenvalue weighted by molar-refractivity contribution is -0.929. The van der Waals surface area contributed by atoms with E-state index in [1.807, 2.05) is 0 Å². The van der Waals surface area contributed by atoms with Crippen molar-refractivity contribution in [3.63, 3.8) is 0 Å². The number of aliphatic hydroxyl groups excluding tert-OH is 1. The van der Waals surface area contributed by atoms with Gasteiger partial charge >= 0.3 is 12.1 Å². The fourth-order valence-corrected chi connectivity index (χ4v) is 3.04. The molecular weight excluding hydrogens is 226 g/mol. The van der Waals surface area contributed by atoms with Gasteiger partial charge < -0.3 is 15.3 Å². The van der Waals surface area contributed by atoms with E-state index < -0.39 is 33.7 Å². The summed E-state index contributed by atoms with van der Waals surface area (Å²) in [5, 5.41) is 28.6. The molecule has 0 radical (unpaired) electrons. The first-order valence-electron chi connectivity index (χ1n) is 5.52. The molecule has 98 valence electrons. The van der Waals surface area contributed by atoms with Gasteiger partial charge in [0.2, 0.25) is 5.54 Å². The molecule has 0 aromatic carbocycles. The van der Waals surface area contributed by atoms with Crippen LogP contribution in [0.25, 0.3) is 0 Å². The number of carbonyl (C=O) groups is 2. The zero-order chi connectivity index (χ0) is 13.6. The summed E-state index contributed by atoms with van der Waals surface area (Å²) in [6.45, 7) is 6.35. The number of carboxylic acids is 1. The number of hydrogen-bond acceptors (Lipinski definition) is 3. The Hall–Kier alpha value is -1.14.